The predicted octanol–water partition coefficient (Wildman–Crippen LogP) is 4.47. The molecule has 0 aromatic heterocycles. The molecule has 0 spiro atoms. The van der Waals surface area contributed by atoms with Crippen molar-refractivity contribution in [3.05, 3.63) is 70.0 Å². The summed E-state index contributed by atoms with van der Waals surface area (Å²) >= 11 is 11.6. The molecule has 0 aliphatic heterocycles. The third-order valence-electron chi connectivity index (χ3n) is 4.49. The Kier molecular flexibility index (Phi) is 7.50. The van der Waals surface area contributed by atoms with Crippen molar-refractivity contribution < 1.29 is 35.8 Å². The van der Waals surface area contributed by atoms with Crippen LogP contribution in [0.5, 0.6) is 0 Å². The first kappa shape index (κ1) is 26.5. The van der Waals surface area contributed by atoms with Gasteiger partial charge in [-0.05, 0) is 31.2 Å². The number of hydrogen-bond acceptors (Lipinski definition) is 10. The van der Waals surface area contributed by atoms with Crippen LogP contribution in [0.2, 0.25) is 10.0 Å². The number of allylic oxidation sites excluding steroid dienone is 1. The number of carbonyl (C=O) groups excluding carboxylic acids is 1. The first-order chi connectivity index (χ1) is 16.2. The van der Waals surface area contributed by atoms with E-state index in [1.807, 2.05) is 0 Å². The molecule has 1 amide bonds. The summed E-state index contributed by atoms with van der Waals surface area (Å²) in [5.74, 6) is -1.65. The largest absolute Gasteiger partial charge is 0.744 e. The molecule has 35 heavy (non-hydrogen) atoms. The standard InChI is InChI=1S/C20H15Cl2N3O8S2/c1-10(26)19(25-24-16-8-13(21)14(22)9-18(16)35(31,32)33)20(27)23-15-6-7-17(34(28,29)30)12-5-3-2-4-11(12)15/h2-9,26H,1H3,(H,23,27)(H,28,29,30)(H,31,32,33)/p-2/b19-10+,25-24?. The van der Waals surface area contributed by atoms with E-state index in [0.29, 0.717) is 0 Å². The summed E-state index contributed by atoms with van der Waals surface area (Å²) in [5.41, 5.74) is -1.13. The Morgan fingerprint density at radius 3 is 2.06 bits per heavy atom. The maximum absolute atomic E-state index is 12.8. The number of benzene rings is 3. The van der Waals surface area contributed by atoms with E-state index in [4.69, 9.17) is 23.2 Å². The van der Waals surface area contributed by atoms with Crippen LogP contribution in [-0.4, -0.2) is 37.0 Å². The Hall–Kier alpha value is -3.07. The highest BCUT2D eigenvalue weighted by Crippen LogP contribution is 2.34. The van der Waals surface area contributed by atoms with Crippen molar-refractivity contribution >= 4 is 71.5 Å². The number of hydrogen-bond donors (Lipinski definition) is 2. The van der Waals surface area contributed by atoms with Gasteiger partial charge in [0.1, 0.15) is 31.7 Å². The Balaban J connectivity index is 2.03. The van der Waals surface area contributed by atoms with Gasteiger partial charge in [-0.2, -0.15) is 0 Å². The fraction of sp³-hybridized carbons (Fsp3) is 0.0500. The third-order valence-corrected chi connectivity index (χ3v) is 6.97. The molecule has 0 radical (unpaired) electrons. The van der Waals surface area contributed by atoms with E-state index < -0.39 is 53.1 Å². The molecule has 0 aliphatic rings. The maximum Gasteiger partial charge on any atom is 0.279 e. The van der Waals surface area contributed by atoms with Crippen LogP contribution in [0, 0.1) is 0 Å². The van der Waals surface area contributed by atoms with Crippen LogP contribution in [0.25, 0.3) is 10.8 Å². The van der Waals surface area contributed by atoms with Gasteiger partial charge in [0.2, 0.25) is 0 Å². The number of nitrogens with one attached hydrogen (secondary N) is 1. The number of carbonyl (C=O) groups is 1. The van der Waals surface area contributed by atoms with Crippen LogP contribution in [-0.2, 0) is 25.0 Å². The van der Waals surface area contributed by atoms with Crippen molar-refractivity contribution in [2.45, 2.75) is 16.7 Å². The molecule has 3 aromatic carbocycles. The lowest BCUT2D eigenvalue weighted by atomic mass is 10.1. The summed E-state index contributed by atoms with van der Waals surface area (Å²) in [5, 5.41) is 19.4. The zero-order chi connectivity index (χ0) is 26.1. The maximum atomic E-state index is 12.8. The zero-order valence-corrected chi connectivity index (χ0v) is 20.5. The zero-order valence-electron chi connectivity index (χ0n) is 17.4. The number of azo groups is 1. The highest BCUT2D eigenvalue weighted by Gasteiger charge is 2.18. The van der Waals surface area contributed by atoms with Gasteiger partial charge in [0.15, 0.2) is 5.70 Å². The molecule has 0 fully saturated rings. The fourth-order valence-electron chi connectivity index (χ4n) is 2.96. The first-order valence-electron chi connectivity index (χ1n) is 9.25. The second-order valence-electron chi connectivity index (χ2n) is 6.89. The molecular formula is C20H13Cl2N3O8S2-2. The van der Waals surface area contributed by atoms with E-state index >= 15 is 0 Å². The molecule has 0 saturated carbocycles. The smallest absolute Gasteiger partial charge is 0.279 e. The van der Waals surface area contributed by atoms with Crippen molar-refractivity contribution in [2.75, 3.05) is 5.32 Å². The Labute approximate surface area is 209 Å². The van der Waals surface area contributed by atoms with Crippen LogP contribution in [0.4, 0.5) is 11.4 Å². The Morgan fingerprint density at radius 2 is 1.49 bits per heavy atom. The van der Waals surface area contributed by atoms with E-state index in [2.05, 4.69) is 15.5 Å². The van der Waals surface area contributed by atoms with Gasteiger partial charge in [0.25, 0.3) is 5.91 Å². The fourth-order valence-corrected chi connectivity index (χ4v) is 4.65. The molecule has 2 N–H and O–H groups in total. The lowest BCUT2D eigenvalue weighted by molar-refractivity contribution is -0.113. The van der Waals surface area contributed by atoms with Gasteiger partial charge in [-0.15, -0.1) is 10.2 Å². The van der Waals surface area contributed by atoms with E-state index in [0.717, 1.165) is 25.1 Å². The van der Waals surface area contributed by atoms with Gasteiger partial charge in [-0.1, -0.05) is 47.5 Å². The third kappa shape index (κ3) is 5.96. The summed E-state index contributed by atoms with van der Waals surface area (Å²) < 4.78 is 69.2. The van der Waals surface area contributed by atoms with Crippen molar-refractivity contribution in [3.8, 4) is 0 Å². The molecule has 3 aromatic rings. The Bertz CT molecular complexity index is 1630. The highest BCUT2D eigenvalue weighted by atomic mass is 35.5. The SMILES string of the molecule is C/C(O)=C(\N=Nc1cc(Cl)c(Cl)cc1S(=O)(=O)[O-])C(=O)Nc1ccc(S(=O)(=O)[O-])c2ccccc12. The minimum atomic E-state index is -5.05. The molecule has 0 unspecified atom stereocenters. The Morgan fingerprint density at radius 1 is 0.914 bits per heavy atom. The normalized spacial score (nSPS) is 13.2. The van der Waals surface area contributed by atoms with E-state index in [-0.39, 0.29) is 26.5 Å². The summed E-state index contributed by atoms with van der Waals surface area (Å²) in [7, 11) is -9.86. The second kappa shape index (κ2) is 9.89. The van der Waals surface area contributed by atoms with Crippen LogP contribution in [0.1, 0.15) is 6.92 Å². The molecule has 0 heterocycles. The van der Waals surface area contributed by atoms with Gasteiger partial charge in [0, 0.05) is 16.5 Å². The van der Waals surface area contributed by atoms with Crippen molar-refractivity contribution in [2.24, 2.45) is 10.2 Å². The first-order valence-corrected chi connectivity index (χ1v) is 12.8. The molecule has 0 atom stereocenters. The molecule has 11 nitrogen and oxygen atoms in total. The molecule has 0 aliphatic carbocycles. The topological polar surface area (TPSA) is 188 Å². The van der Waals surface area contributed by atoms with Crippen molar-refractivity contribution in [1.29, 1.82) is 0 Å². The summed E-state index contributed by atoms with van der Waals surface area (Å²) in [6.07, 6.45) is 0. The monoisotopic (exact) mass is 557 g/mol. The van der Waals surface area contributed by atoms with Crippen molar-refractivity contribution in [3.63, 3.8) is 0 Å². The van der Waals surface area contributed by atoms with Gasteiger partial charge >= 0.3 is 0 Å². The van der Waals surface area contributed by atoms with Crippen LogP contribution in [0.3, 0.4) is 0 Å². The second-order valence-corrected chi connectivity index (χ2v) is 10.4. The number of aliphatic hydroxyl groups is 1. The number of anilines is 1. The number of aliphatic hydroxyl groups excluding tert-OH is 1. The average Bonchev–Trinajstić information content (AvgIpc) is 2.74. The van der Waals surface area contributed by atoms with Crippen molar-refractivity contribution in [1.82, 2.24) is 0 Å². The molecule has 3 rings (SSSR count). The highest BCUT2D eigenvalue weighted by molar-refractivity contribution is 7.86. The molecular weight excluding hydrogens is 545 g/mol. The molecule has 0 bridgehead atoms. The summed E-state index contributed by atoms with van der Waals surface area (Å²) in [6, 6.07) is 9.77. The number of rotatable bonds is 6. The van der Waals surface area contributed by atoms with Gasteiger partial charge in [-0.3, -0.25) is 4.79 Å². The average molecular weight is 558 g/mol. The summed E-state index contributed by atoms with van der Waals surface area (Å²) in [6.45, 7) is 1.10. The number of fused-ring (bicyclic) bond motifs is 1. The van der Waals surface area contributed by atoms with Gasteiger partial charge < -0.3 is 19.5 Å². The summed E-state index contributed by atoms with van der Waals surface area (Å²) in [4.78, 5) is 11.5. The lowest BCUT2D eigenvalue weighted by Gasteiger charge is -2.14. The van der Waals surface area contributed by atoms with Crippen LogP contribution in [0.15, 0.2) is 80.0 Å². The van der Waals surface area contributed by atoms with Crippen LogP contribution < -0.4 is 5.32 Å². The van der Waals surface area contributed by atoms with Gasteiger partial charge in [-0.25, -0.2) is 16.8 Å². The number of amides is 1. The number of nitrogens with zero attached hydrogens (tertiary/aromatic N) is 2. The lowest BCUT2D eigenvalue weighted by Crippen LogP contribution is -2.15. The van der Waals surface area contributed by atoms with E-state index in [9.17, 15) is 35.8 Å². The van der Waals surface area contributed by atoms with Crippen LogP contribution >= 0.6 is 23.2 Å². The van der Waals surface area contributed by atoms with Gasteiger partial charge in [0.05, 0.1) is 19.8 Å². The molecule has 0 saturated heterocycles. The minimum absolute atomic E-state index is 0.0503. The number of halogens is 2. The van der Waals surface area contributed by atoms with E-state index in [1.165, 1.54) is 24.3 Å². The molecule has 184 valence electrons. The predicted molar refractivity (Wildman–Crippen MR) is 125 cm³/mol. The van der Waals surface area contributed by atoms with E-state index in [1.54, 1.807) is 6.07 Å². The quantitative estimate of drug-likeness (QED) is 0.192. The minimum Gasteiger partial charge on any atom is -0.744 e. The molecule has 15 heteroatoms.